The lowest BCUT2D eigenvalue weighted by atomic mass is 10.1. The van der Waals surface area contributed by atoms with Crippen molar-refractivity contribution in [1.82, 2.24) is 15.3 Å². The first kappa shape index (κ1) is 21.9. The highest BCUT2D eigenvalue weighted by Crippen LogP contribution is 2.34. The van der Waals surface area contributed by atoms with Gasteiger partial charge in [0.2, 0.25) is 5.82 Å². The van der Waals surface area contributed by atoms with Gasteiger partial charge in [-0.1, -0.05) is 35.0 Å². The predicted molar refractivity (Wildman–Crippen MR) is 108 cm³/mol. The number of halogens is 3. The summed E-state index contributed by atoms with van der Waals surface area (Å²) in [6.45, 7) is 0. The number of carbonyl (C=O) groups excluding carboxylic acids is 1. The summed E-state index contributed by atoms with van der Waals surface area (Å²) in [5, 5.41) is 6.11. The summed E-state index contributed by atoms with van der Waals surface area (Å²) < 4.78 is 40.4. The van der Waals surface area contributed by atoms with E-state index in [4.69, 9.17) is 21.1 Å². The monoisotopic (exact) mass is 448 g/mol. The number of para-hydroxylation sites is 1. The number of hydrogen-bond donors (Lipinski definition) is 1. The standard InChI is InChI=1S/C20H15ClF2N4O4/c1-24-18(28)17(27-29-2)15-12(22)7-5-9-14(15)31-20-16(23)19(25-10-26-20)30-13-8-4-3-6-11(13)21/h3-10H,1-2H3,(H,24,28)/b27-17-. The van der Waals surface area contributed by atoms with E-state index in [1.54, 1.807) is 18.2 Å². The number of nitrogens with zero attached hydrogens (tertiary/aromatic N) is 3. The van der Waals surface area contributed by atoms with Crippen LogP contribution in [0.25, 0.3) is 0 Å². The summed E-state index contributed by atoms with van der Waals surface area (Å²) in [6, 6.07) is 10.1. The number of rotatable bonds is 7. The molecule has 160 valence electrons. The van der Waals surface area contributed by atoms with Gasteiger partial charge in [-0.15, -0.1) is 0 Å². The molecule has 0 bridgehead atoms. The average molecular weight is 449 g/mol. The van der Waals surface area contributed by atoms with Gasteiger partial charge in [0.1, 0.15) is 30.8 Å². The van der Waals surface area contributed by atoms with E-state index in [2.05, 4.69) is 25.3 Å². The van der Waals surface area contributed by atoms with E-state index in [0.717, 1.165) is 12.4 Å². The molecule has 0 radical (unpaired) electrons. The Kier molecular flexibility index (Phi) is 6.93. The molecule has 1 heterocycles. The van der Waals surface area contributed by atoms with Gasteiger partial charge in [-0.05, 0) is 24.3 Å². The second kappa shape index (κ2) is 9.81. The zero-order chi connectivity index (χ0) is 22.4. The van der Waals surface area contributed by atoms with Crippen molar-refractivity contribution < 1.29 is 27.9 Å². The van der Waals surface area contributed by atoms with Crippen LogP contribution < -0.4 is 14.8 Å². The van der Waals surface area contributed by atoms with E-state index in [1.807, 2.05) is 0 Å². The molecular formula is C20H15ClF2N4O4. The third-order valence-corrected chi connectivity index (χ3v) is 4.12. The number of likely N-dealkylation sites (N-methyl/N-ethyl adjacent to an activating group) is 1. The molecule has 0 spiro atoms. The van der Waals surface area contributed by atoms with Gasteiger partial charge in [-0.25, -0.2) is 4.39 Å². The molecule has 0 fully saturated rings. The molecule has 2 aromatic carbocycles. The van der Waals surface area contributed by atoms with Crippen LogP contribution in [0.4, 0.5) is 8.78 Å². The maximum atomic E-state index is 14.9. The highest BCUT2D eigenvalue weighted by atomic mass is 35.5. The molecule has 0 saturated heterocycles. The molecule has 1 N–H and O–H groups in total. The predicted octanol–water partition coefficient (Wildman–Crippen LogP) is 4.09. The molecule has 0 aliphatic carbocycles. The quantitative estimate of drug-likeness (QED) is 0.432. The van der Waals surface area contributed by atoms with Crippen LogP contribution in [0.5, 0.6) is 23.3 Å². The first-order valence-corrected chi connectivity index (χ1v) is 9.06. The van der Waals surface area contributed by atoms with E-state index in [-0.39, 0.29) is 22.1 Å². The largest absolute Gasteiger partial charge is 0.435 e. The van der Waals surface area contributed by atoms with Crippen LogP contribution in [-0.2, 0) is 9.63 Å². The summed E-state index contributed by atoms with van der Waals surface area (Å²) in [7, 11) is 2.52. The highest BCUT2D eigenvalue weighted by Gasteiger charge is 2.25. The first-order chi connectivity index (χ1) is 15.0. The van der Waals surface area contributed by atoms with E-state index >= 15 is 0 Å². The Labute approximate surface area is 180 Å². The number of ether oxygens (including phenoxy) is 2. The molecule has 3 aromatic rings. The van der Waals surface area contributed by atoms with Crippen LogP contribution in [0.3, 0.4) is 0 Å². The molecule has 31 heavy (non-hydrogen) atoms. The lowest BCUT2D eigenvalue weighted by molar-refractivity contribution is -0.114. The van der Waals surface area contributed by atoms with Crippen molar-refractivity contribution in [3.63, 3.8) is 0 Å². The lowest BCUT2D eigenvalue weighted by Gasteiger charge is -2.13. The SMILES string of the molecule is CNC(=O)/C(=N\OC)c1c(F)cccc1Oc1ncnc(Oc2ccccc2Cl)c1F. The van der Waals surface area contributed by atoms with Crippen molar-refractivity contribution in [3.05, 3.63) is 71.0 Å². The molecule has 0 atom stereocenters. The molecule has 1 aromatic heterocycles. The van der Waals surface area contributed by atoms with E-state index in [9.17, 15) is 13.6 Å². The third-order valence-electron chi connectivity index (χ3n) is 3.81. The molecule has 8 nitrogen and oxygen atoms in total. The summed E-state index contributed by atoms with van der Waals surface area (Å²) in [4.78, 5) is 24.2. The van der Waals surface area contributed by atoms with Gasteiger partial charge in [0.25, 0.3) is 17.7 Å². The van der Waals surface area contributed by atoms with Crippen LogP contribution in [-0.4, -0.2) is 35.7 Å². The van der Waals surface area contributed by atoms with Crippen molar-refractivity contribution >= 4 is 23.2 Å². The number of amides is 1. The fraction of sp³-hybridized carbons (Fsp3) is 0.100. The molecule has 0 unspecified atom stereocenters. The average Bonchev–Trinajstić information content (AvgIpc) is 2.76. The second-order valence-corrected chi connectivity index (χ2v) is 6.15. The van der Waals surface area contributed by atoms with Gasteiger partial charge < -0.3 is 19.6 Å². The second-order valence-electron chi connectivity index (χ2n) is 5.75. The Hall–Kier alpha value is -3.79. The summed E-state index contributed by atoms with van der Waals surface area (Å²) in [6.07, 6.45) is 0.993. The van der Waals surface area contributed by atoms with Crippen LogP contribution in [0.15, 0.2) is 53.9 Å². The van der Waals surface area contributed by atoms with Crippen LogP contribution in [0, 0.1) is 11.6 Å². The Morgan fingerprint density at radius 2 is 1.68 bits per heavy atom. The van der Waals surface area contributed by atoms with Gasteiger partial charge in [0.05, 0.1) is 10.6 Å². The van der Waals surface area contributed by atoms with E-state index < -0.39 is 35.0 Å². The van der Waals surface area contributed by atoms with Crippen LogP contribution in [0.2, 0.25) is 5.02 Å². The molecular weight excluding hydrogens is 434 g/mol. The number of carbonyl (C=O) groups is 1. The zero-order valence-electron chi connectivity index (χ0n) is 16.2. The Morgan fingerprint density at radius 1 is 1.03 bits per heavy atom. The van der Waals surface area contributed by atoms with Crippen LogP contribution in [0.1, 0.15) is 5.56 Å². The lowest BCUT2D eigenvalue weighted by Crippen LogP contribution is -2.29. The minimum Gasteiger partial charge on any atom is -0.435 e. The fourth-order valence-electron chi connectivity index (χ4n) is 2.45. The van der Waals surface area contributed by atoms with E-state index in [1.165, 1.54) is 32.4 Å². The molecule has 0 aliphatic heterocycles. The minimum absolute atomic E-state index is 0.160. The maximum Gasteiger partial charge on any atom is 0.273 e. The molecule has 3 rings (SSSR count). The van der Waals surface area contributed by atoms with Gasteiger partial charge in [0, 0.05) is 7.05 Å². The normalized spacial score (nSPS) is 11.1. The number of aromatic nitrogens is 2. The van der Waals surface area contributed by atoms with Crippen molar-refractivity contribution in [2.75, 3.05) is 14.2 Å². The van der Waals surface area contributed by atoms with Crippen molar-refractivity contribution in [1.29, 1.82) is 0 Å². The summed E-state index contributed by atoms with van der Waals surface area (Å²) in [5.74, 6) is -3.77. The van der Waals surface area contributed by atoms with Crippen molar-refractivity contribution in [3.8, 4) is 23.3 Å². The molecule has 0 aliphatic rings. The van der Waals surface area contributed by atoms with Gasteiger partial charge in [0.15, 0.2) is 5.71 Å². The van der Waals surface area contributed by atoms with E-state index in [0.29, 0.717) is 0 Å². The number of hydrogen-bond acceptors (Lipinski definition) is 7. The first-order valence-electron chi connectivity index (χ1n) is 8.69. The van der Waals surface area contributed by atoms with Gasteiger partial charge in [-0.3, -0.25) is 4.79 Å². The van der Waals surface area contributed by atoms with Gasteiger partial charge in [-0.2, -0.15) is 14.4 Å². The Bertz CT molecular complexity index is 1140. The summed E-state index contributed by atoms with van der Waals surface area (Å²) >= 11 is 6.02. The third kappa shape index (κ3) is 4.86. The zero-order valence-corrected chi connectivity index (χ0v) is 17.0. The number of nitrogens with one attached hydrogen (secondary N) is 1. The summed E-state index contributed by atoms with van der Waals surface area (Å²) in [5.41, 5.74) is -0.768. The molecule has 11 heteroatoms. The molecule has 0 saturated carbocycles. The maximum absolute atomic E-state index is 14.9. The topological polar surface area (TPSA) is 94.9 Å². The van der Waals surface area contributed by atoms with Crippen molar-refractivity contribution in [2.24, 2.45) is 5.16 Å². The number of oxime groups is 1. The van der Waals surface area contributed by atoms with Gasteiger partial charge >= 0.3 is 0 Å². The number of benzene rings is 2. The van der Waals surface area contributed by atoms with Crippen molar-refractivity contribution in [2.45, 2.75) is 0 Å². The van der Waals surface area contributed by atoms with Crippen LogP contribution >= 0.6 is 11.6 Å². The highest BCUT2D eigenvalue weighted by molar-refractivity contribution is 6.45. The Morgan fingerprint density at radius 3 is 2.32 bits per heavy atom. The minimum atomic E-state index is -1.07. The smallest absolute Gasteiger partial charge is 0.273 e. The fourth-order valence-corrected chi connectivity index (χ4v) is 2.62. The Balaban J connectivity index is 2.01. The molecule has 1 amide bonds.